The molecule has 2 aliphatic heterocycles. The fourth-order valence-corrected chi connectivity index (χ4v) is 7.48. The molecule has 3 N–H and O–H groups in total. The van der Waals surface area contributed by atoms with Crippen molar-refractivity contribution in [1.29, 1.82) is 0 Å². The van der Waals surface area contributed by atoms with Gasteiger partial charge < -0.3 is 24.9 Å². The van der Waals surface area contributed by atoms with Crippen LogP contribution in [0.4, 0.5) is 18.9 Å². The molecule has 0 aliphatic carbocycles. The second-order valence-corrected chi connectivity index (χ2v) is 11.6. The summed E-state index contributed by atoms with van der Waals surface area (Å²) < 4.78 is 50.3. The number of carboxylic acid groups (broad SMARTS) is 1. The molecule has 0 spiro atoms. The topological polar surface area (TPSA) is 155 Å². The summed E-state index contributed by atoms with van der Waals surface area (Å²) in [4.78, 5) is 65.9. The lowest BCUT2D eigenvalue weighted by molar-refractivity contribution is -0.149. The lowest BCUT2D eigenvalue weighted by Crippen LogP contribution is -2.36. The van der Waals surface area contributed by atoms with E-state index in [1.807, 2.05) is 0 Å². The molecule has 16 heteroatoms. The molecule has 2 aliphatic rings. The number of anilines is 1. The number of thiazole rings is 1. The number of ether oxygens (including phenoxy) is 2. The van der Waals surface area contributed by atoms with Crippen LogP contribution in [0.5, 0.6) is 11.5 Å². The second-order valence-electron chi connectivity index (χ2n) is 9.46. The number of alkyl halides is 3. The van der Waals surface area contributed by atoms with Crippen molar-refractivity contribution in [3.05, 3.63) is 68.1 Å². The van der Waals surface area contributed by atoms with Gasteiger partial charge in [-0.05, 0) is 42.8 Å². The summed E-state index contributed by atoms with van der Waals surface area (Å²) in [5.41, 5.74) is -0.509. The van der Waals surface area contributed by atoms with Crippen LogP contribution in [0.2, 0.25) is 0 Å². The summed E-state index contributed by atoms with van der Waals surface area (Å²) in [5.74, 6) is -4.91. The predicted molar refractivity (Wildman–Crippen MR) is 147 cm³/mol. The molecular formula is C27H22F3N3O8S2. The number of hydrogen-bond acceptors (Lipinski definition) is 9. The maximum atomic E-state index is 13.3. The SMILES string of the molecule is CCOc1cc([C@H]2c3sc(=O)[nH]c3SC3C(=O)N(CC(=O)O)C(=O)C32)ccc1OCC(=O)Nc1cccc(C(F)(F)F)c1. The molecule has 3 atom stereocenters. The number of rotatable bonds is 9. The fourth-order valence-electron chi connectivity index (χ4n) is 4.94. The molecule has 3 heterocycles. The van der Waals surface area contributed by atoms with Crippen molar-refractivity contribution in [3.8, 4) is 11.5 Å². The van der Waals surface area contributed by atoms with Crippen LogP contribution in [0.3, 0.4) is 0 Å². The van der Waals surface area contributed by atoms with E-state index in [1.54, 1.807) is 19.1 Å². The number of hydrogen-bond donors (Lipinski definition) is 3. The Bertz CT molecular complexity index is 1670. The lowest BCUT2D eigenvalue weighted by atomic mass is 9.83. The average Bonchev–Trinajstić information content (AvgIpc) is 3.42. The van der Waals surface area contributed by atoms with E-state index in [1.165, 1.54) is 12.1 Å². The Hall–Kier alpha value is -4.31. The van der Waals surface area contributed by atoms with Gasteiger partial charge in [-0.25, -0.2) is 0 Å². The summed E-state index contributed by atoms with van der Waals surface area (Å²) in [7, 11) is 0. The molecule has 1 fully saturated rings. The number of aliphatic carboxylic acids is 1. The number of halogens is 3. The van der Waals surface area contributed by atoms with Crippen LogP contribution in [-0.2, 0) is 25.4 Å². The number of aromatic nitrogens is 1. The number of amides is 3. The molecule has 1 saturated heterocycles. The van der Waals surface area contributed by atoms with Crippen LogP contribution >= 0.6 is 23.1 Å². The molecule has 2 unspecified atom stereocenters. The van der Waals surface area contributed by atoms with Gasteiger partial charge in [0.1, 0.15) is 11.8 Å². The number of carboxylic acids is 1. The normalized spacial score (nSPS) is 19.5. The van der Waals surface area contributed by atoms with Crippen LogP contribution in [-0.4, -0.2) is 63.7 Å². The first-order chi connectivity index (χ1) is 20.4. The molecule has 0 saturated carbocycles. The van der Waals surface area contributed by atoms with Gasteiger partial charge in [-0.3, -0.25) is 28.9 Å². The zero-order valence-corrected chi connectivity index (χ0v) is 23.7. The maximum Gasteiger partial charge on any atom is 0.416 e. The fraction of sp³-hybridized carbons (Fsp3) is 0.296. The summed E-state index contributed by atoms with van der Waals surface area (Å²) in [6, 6.07) is 8.74. The van der Waals surface area contributed by atoms with E-state index in [2.05, 4.69) is 10.3 Å². The van der Waals surface area contributed by atoms with E-state index >= 15 is 0 Å². The van der Waals surface area contributed by atoms with Crippen molar-refractivity contribution in [2.24, 2.45) is 5.92 Å². The highest BCUT2D eigenvalue weighted by atomic mass is 32.2. The van der Waals surface area contributed by atoms with Crippen molar-refractivity contribution in [2.75, 3.05) is 25.1 Å². The average molecular weight is 638 g/mol. The summed E-state index contributed by atoms with van der Waals surface area (Å²) >= 11 is 1.88. The predicted octanol–water partition coefficient (Wildman–Crippen LogP) is 3.55. The minimum Gasteiger partial charge on any atom is -0.490 e. The maximum absolute atomic E-state index is 13.3. The second kappa shape index (κ2) is 11.8. The van der Waals surface area contributed by atoms with Crippen LogP contribution in [0.1, 0.15) is 28.8 Å². The molecule has 5 rings (SSSR count). The number of aromatic amines is 1. The van der Waals surface area contributed by atoms with E-state index < -0.39 is 65.7 Å². The number of thioether (sulfide) groups is 1. The van der Waals surface area contributed by atoms with E-state index in [0.717, 1.165) is 41.3 Å². The highest BCUT2D eigenvalue weighted by Gasteiger charge is 2.56. The molecule has 11 nitrogen and oxygen atoms in total. The van der Waals surface area contributed by atoms with Crippen molar-refractivity contribution in [1.82, 2.24) is 9.88 Å². The van der Waals surface area contributed by atoms with E-state index in [4.69, 9.17) is 9.47 Å². The number of nitrogens with one attached hydrogen (secondary N) is 2. The summed E-state index contributed by atoms with van der Waals surface area (Å²) in [6.07, 6.45) is -4.58. The van der Waals surface area contributed by atoms with Crippen LogP contribution in [0.15, 0.2) is 52.3 Å². The molecule has 43 heavy (non-hydrogen) atoms. The van der Waals surface area contributed by atoms with Gasteiger partial charge in [0.25, 0.3) is 5.91 Å². The number of fused-ring (bicyclic) bond motifs is 2. The van der Waals surface area contributed by atoms with Crippen LogP contribution in [0, 0.1) is 5.92 Å². The number of likely N-dealkylation sites (tertiary alicyclic amines) is 1. The lowest BCUT2D eigenvalue weighted by Gasteiger charge is -2.30. The van der Waals surface area contributed by atoms with Crippen molar-refractivity contribution in [3.63, 3.8) is 0 Å². The molecule has 0 radical (unpaired) electrons. The van der Waals surface area contributed by atoms with E-state index in [-0.39, 0.29) is 28.7 Å². The van der Waals surface area contributed by atoms with Gasteiger partial charge in [0, 0.05) is 16.5 Å². The third-order valence-electron chi connectivity index (χ3n) is 6.67. The van der Waals surface area contributed by atoms with E-state index in [9.17, 15) is 42.3 Å². The van der Waals surface area contributed by atoms with Crippen molar-refractivity contribution < 1.29 is 46.9 Å². The number of carbonyl (C=O) groups excluding carboxylic acids is 3. The van der Waals surface area contributed by atoms with Gasteiger partial charge in [-0.1, -0.05) is 35.2 Å². The first-order valence-corrected chi connectivity index (χ1v) is 14.4. The van der Waals surface area contributed by atoms with Crippen molar-refractivity contribution in [2.45, 2.75) is 29.3 Å². The highest BCUT2D eigenvalue weighted by Crippen LogP contribution is 2.53. The zero-order chi connectivity index (χ0) is 31.1. The van der Waals surface area contributed by atoms with Crippen LogP contribution in [0.25, 0.3) is 0 Å². The Morgan fingerprint density at radius 2 is 1.84 bits per heavy atom. The Morgan fingerprint density at radius 1 is 1.07 bits per heavy atom. The molecule has 0 bridgehead atoms. The third-order valence-corrected chi connectivity index (χ3v) is 9.07. The largest absolute Gasteiger partial charge is 0.490 e. The number of imide groups is 1. The van der Waals surface area contributed by atoms with Gasteiger partial charge in [-0.2, -0.15) is 13.2 Å². The Labute approximate surface area is 249 Å². The number of H-pyrrole nitrogens is 1. The smallest absolute Gasteiger partial charge is 0.416 e. The quantitative estimate of drug-likeness (QED) is 0.299. The first kappa shape index (κ1) is 30.2. The zero-order valence-electron chi connectivity index (χ0n) is 22.1. The van der Waals surface area contributed by atoms with Gasteiger partial charge in [-0.15, -0.1) is 0 Å². The minimum atomic E-state index is -4.58. The molecule has 1 aromatic heterocycles. The Morgan fingerprint density at radius 3 is 2.53 bits per heavy atom. The molecule has 3 aromatic rings. The van der Waals surface area contributed by atoms with E-state index in [0.29, 0.717) is 20.4 Å². The van der Waals surface area contributed by atoms with Gasteiger partial charge in [0.15, 0.2) is 18.1 Å². The molecular weight excluding hydrogens is 615 g/mol. The summed E-state index contributed by atoms with van der Waals surface area (Å²) in [5, 5.41) is 11.0. The first-order valence-electron chi connectivity index (χ1n) is 12.7. The van der Waals surface area contributed by atoms with Gasteiger partial charge >= 0.3 is 17.0 Å². The Kier molecular flexibility index (Phi) is 8.25. The minimum absolute atomic E-state index is 0.0671. The standard InChI is InChI=1S/C27H22F3N3O8S2/c1-2-40-16-8-12(6-7-15(16)41-11-17(34)31-14-5-3-4-13(9-14)27(28,29)30)19-20-22(42-23-21(19)43-26(39)32-23)25(38)33(24(20)37)10-18(35)36/h3-9,19-20,22H,2,10-11H2,1H3,(H,31,34)(H,32,39)(H,35,36)/t19-,20?,22?/m1/s1. The number of nitrogens with zero attached hydrogens (tertiary/aromatic N) is 1. The van der Waals surface area contributed by atoms with Gasteiger partial charge in [0.05, 0.1) is 23.1 Å². The monoisotopic (exact) mass is 637 g/mol. The Balaban J connectivity index is 1.41. The highest BCUT2D eigenvalue weighted by molar-refractivity contribution is 8.00. The van der Waals surface area contributed by atoms with Crippen LogP contribution < -0.4 is 19.7 Å². The third kappa shape index (κ3) is 6.10. The molecule has 2 aromatic carbocycles. The molecule has 226 valence electrons. The summed E-state index contributed by atoms with van der Waals surface area (Å²) in [6.45, 7) is 0.515. The molecule has 3 amide bonds. The van der Waals surface area contributed by atoms with Gasteiger partial charge in [0.2, 0.25) is 11.8 Å². The van der Waals surface area contributed by atoms with Crippen molar-refractivity contribution >= 4 is 52.5 Å². The number of benzene rings is 2. The number of carbonyl (C=O) groups is 4.